The van der Waals surface area contributed by atoms with Gasteiger partial charge in [0.05, 0.1) is 5.02 Å². The first-order valence-corrected chi connectivity index (χ1v) is 6.85. The van der Waals surface area contributed by atoms with E-state index in [1.807, 2.05) is 55.5 Å². The van der Waals surface area contributed by atoms with Gasteiger partial charge in [-0.1, -0.05) is 54.9 Å². The third-order valence-electron chi connectivity index (χ3n) is 3.03. The molecule has 0 amide bonds. The van der Waals surface area contributed by atoms with E-state index in [4.69, 9.17) is 27.5 Å². The van der Waals surface area contributed by atoms with Gasteiger partial charge in [0, 0.05) is 0 Å². The molecule has 0 aromatic heterocycles. The molecule has 0 fully saturated rings. The average molecular weight is 289 g/mol. The number of benzene rings is 2. The zero-order valence-electron chi connectivity index (χ0n) is 11.3. The van der Waals surface area contributed by atoms with Crippen LogP contribution in [0.4, 0.5) is 0 Å². The Hall–Kier alpha value is -2.00. The molecule has 0 heterocycles. The SMILES string of the molecule is CCC(Oc1ccc(-c2ccccc2)cc1Cl)C(=N)N. The molecular weight excluding hydrogens is 272 g/mol. The third-order valence-corrected chi connectivity index (χ3v) is 3.32. The van der Waals surface area contributed by atoms with Crippen molar-refractivity contribution in [1.29, 1.82) is 5.41 Å². The summed E-state index contributed by atoms with van der Waals surface area (Å²) in [5.74, 6) is 0.559. The Bertz CT molecular complexity index is 599. The molecule has 2 aromatic rings. The number of nitrogens with one attached hydrogen (secondary N) is 1. The molecule has 1 unspecified atom stereocenters. The lowest BCUT2D eigenvalue weighted by molar-refractivity contribution is 0.260. The van der Waals surface area contributed by atoms with Crippen molar-refractivity contribution in [2.24, 2.45) is 5.73 Å². The van der Waals surface area contributed by atoms with Gasteiger partial charge in [-0.2, -0.15) is 0 Å². The van der Waals surface area contributed by atoms with Crippen LogP contribution in [-0.2, 0) is 0 Å². The monoisotopic (exact) mass is 288 g/mol. The van der Waals surface area contributed by atoms with Gasteiger partial charge in [-0.05, 0) is 29.7 Å². The smallest absolute Gasteiger partial charge is 0.155 e. The van der Waals surface area contributed by atoms with Crippen LogP contribution in [0.15, 0.2) is 48.5 Å². The van der Waals surface area contributed by atoms with Crippen molar-refractivity contribution in [1.82, 2.24) is 0 Å². The number of amidine groups is 1. The third kappa shape index (κ3) is 3.31. The Kier molecular flexibility index (Phi) is 4.64. The minimum Gasteiger partial charge on any atom is -0.481 e. The average Bonchev–Trinajstić information content (AvgIpc) is 2.46. The largest absolute Gasteiger partial charge is 0.481 e. The van der Waals surface area contributed by atoms with Crippen molar-refractivity contribution in [3.8, 4) is 16.9 Å². The molecule has 0 saturated heterocycles. The van der Waals surface area contributed by atoms with Crippen LogP contribution in [0.25, 0.3) is 11.1 Å². The summed E-state index contributed by atoms with van der Waals surface area (Å²) >= 11 is 6.25. The van der Waals surface area contributed by atoms with Gasteiger partial charge in [0.2, 0.25) is 0 Å². The molecule has 4 heteroatoms. The van der Waals surface area contributed by atoms with Gasteiger partial charge in [-0.25, -0.2) is 0 Å². The summed E-state index contributed by atoms with van der Waals surface area (Å²) < 4.78 is 5.67. The normalized spacial score (nSPS) is 11.9. The molecule has 2 aromatic carbocycles. The maximum Gasteiger partial charge on any atom is 0.155 e. The van der Waals surface area contributed by atoms with E-state index in [1.54, 1.807) is 0 Å². The van der Waals surface area contributed by atoms with Crippen molar-refractivity contribution >= 4 is 17.4 Å². The quantitative estimate of drug-likeness (QED) is 0.643. The molecule has 0 bridgehead atoms. The van der Waals surface area contributed by atoms with Crippen LogP contribution >= 0.6 is 11.6 Å². The number of ether oxygens (including phenoxy) is 1. The zero-order chi connectivity index (χ0) is 14.5. The lowest BCUT2D eigenvalue weighted by atomic mass is 10.1. The van der Waals surface area contributed by atoms with E-state index in [0.717, 1.165) is 11.1 Å². The van der Waals surface area contributed by atoms with Crippen LogP contribution in [0.1, 0.15) is 13.3 Å². The van der Waals surface area contributed by atoms with E-state index >= 15 is 0 Å². The van der Waals surface area contributed by atoms with Crippen molar-refractivity contribution in [3.63, 3.8) is 0 Å². The van der Waals surface area contributed by atoms with E-state index in [1.165, 1.54) is 0 Å². The minimum atomic E-state index is -0.435. The van der Waals surface area contributed by atoms with Gasteiger partial charge < -0.3 is 10.5 Å². The molecule has 3 nitrogen and oxygen atoms in total. The van der Waals surface area contributed by atoms with Crippen LogP contribution in [0, 0.1) is 5.41 Å². The van der Waals surface area contributed by atoms with E-state index in [9.17, 15) is 0 Å². The molecule has 0 aliphatic rings. The standard InChI is InChI=1S/C16H17ClN2O/c1-2-14(16(18)19)20-15-9-8-12(10-13(15)17)11-6-4-3-5-7-11/h3-10,14H,2H2,1H3,(H3,18,19). The Morgan fingerprint density at radius 2 is 1.90 bits per heavy atom. The lowest BCUT2D eigenvalue weighted by Crippen LogP contribution is -2.32. The lowest BCUT2D eigenvalue weighted by Gasteiger charge is -2.17. The summed E-state index contributed by atoms with van der Waals surface area (Å²) in [7, 11) is 0. The first-order chi connectivity index (χ1) is 9.61. The number of rotatable bonds is 5. The highest BCUT2D eigenvalue weighted by molar-refractivity contribution is 6.32. The molecule has 0 aliphatic carbocycles. The van der Waals surface area contributed by atoms with Crippen molar-refractivity contribution in [2.45, 2.75) is 19.4 Å². The Balaban J connectivity index is 2.24. The molecule has 0 aliphatic heterocycles. The molecule has 104 valence electrons. The highest BCUT2D eigenvalue weighted by Gasteiger charge is 2.13. The van der Waals surface area contributed by atoms with Crippen LogP contribution in [0.3, 0.4) is 0 Å². The van der Waals surface area contributed by atoms with Crippen LogP contribution in [-0.4, -0.2) is 11.9 Å². The maximum absolute atomic E-state index is 7.46. The topological polar surface area (TPSA) is 59.1 Å². The number of hydrogen-bond acceptors (Lipinski definition) is 2. The van der Waals surface area contributed by atoms with Crippen LogP contribution in [0.5, 0.6) is 5.75 Å². The van der Waals surface area contributed by atoms with Gasteiger partial charge >= 0.3 is 0 Å². The highest BCUT2D eigenvalue weighted by Crippen LogP contribution is 2.31. The second kappa shape index (κ2) is 6.44. The van der Waals surface area contributed by atoms with E-state index in [2.05, 4.69) is 0 Å². The molecule has 0 radical (unpaired) electrons. The predicted octanol–water partition coefficient (Wildman–Crippen LogP) is 4.10. The van der Waals surface area contributed by atoms with E-state index < -0.39 is 6.10 Å². The number of nitrogens with two attached hydrogens (primary N) is 1. The predicted molar refractivity (Wildman–Crippen MR) is 83.5 cm³/mol. The molecule has 0 spiro atoms. The Morgan fingerprint density at radius 1 is 1.20 bits per heavy atom. The number of halogens is 1. The summed E-state index contributed by atoms with van der Waals surface area (Å²) in [5, 5.41) is 7.98. The second-order valence-corrected chi connectivity index (χ2v) is 4.89. The minimum absolute atomic E-state index is 0.00991. The molecule has 2 rings (SSSR count). The molecule has 1 atom stereocenters. The summed E-state index contributed by atoms with van der Waals surface area (Å²) in [5.41, 5.74) is 7.60. The number of hydrogen-bond donors (Lipinski definition) is 2. The first kappa shape index (κ1) is 14.4. The second-order valence-electron chi connectivity index (χ2n) is 4.48. The zero-order valence-corrected chi connectivity index (χ0v) is 12.0. The summed E-state index contributed by atoms with van der Waals surface area (Å²) in [6.07, 6.45) is 0.196. The fourth-order valence-corrected chi connectivity index (χ4v) is 2.15. The molecular formula is C16H17ClN2O. The Labute approximate surface area is 123 Å². The highest BCUT2D eigenvalue weighted by atomic mass is 35.5. The summed E-state index contributed by atoms with van der Waals surface area (Å²) in [4.78, 5) is 0. The molecule has 20 heavy (non-hydrogen) atoms. The summed E-state index contributed by atoms with van der Waals surface area (Å²) in [6, 6.07) is 15.6. The van der Waals surface area contributed by atoms with Crippen molar-refractivity contribution < 1.29 is 4.74 Å². The van der Waals surface area contributed by atoms with E-state index in [0.29, 0.717) is 17.2 Å². The first-order valence-electron chi connectivity index (χ1n) is 6.47. The van der Waals surface area contributed by atoms with Crippen LogP contribution in [0.2, 0.25) is 5.02 Å². The van der Waals surface area contributed by atoms with Crippen molar-refractivity contribution in [3.05, 3.63) is 53.6 Å². The Morgan fingerprint density at radius 3 is 2.45 bits per heavy atom. The van der Waals surface area contributed by atoms with Crippen LogP contribution < -0.4 is 10.5 Å². The summed E-state index contributed by atoms with van der Waals surface area (Å²) in [6.45, 7) is 1.91. The fraction of sp³-hybridized carbons (Fsp3) is 0.188. The fourth-order valence-electron chi connectivity index (χ4n) is 1.93. The van der Waals surface area contributed by atoms with E-state index in [-0.39, 0.29) is 5.84 Å². The molecule has 3 N–H and O–H groups in total. The van der Waals surface area contributed by atoms with Gasteiger partial charge in [-0.15, -0.1) is 0 Å². The van der Waals surface area contributed by atoms with Gasteiger partial charge in [0.1, 0.15) is 11.6 Å². The van der Waals surface area contributed by atoms with Crippen molar-refractivity contribution in [2.75, 3.05) is 0 Å². The maximum atomic E-state index is 7.46. The van der Waals surface area contributed by atoms with Gasteiger partial charge in [0.25, 0.3) is 0 Å². The molecule has 0 saturated carbocycles. The van der Waals surface area contributed by atoms with Gasteiger partial charge in [-0.3, -0.25) is 5.41 Å². The van der Waals surface area contributed by atoms with Gasteiger partial charge in [0.15, 0.2) is 6.10 Å².